The van der Waals surface area contributed by atoms with Gasteiger partial charge >= 0.3 is 33.3 Å². The van der Waals surface area contributed by atoms with Gasteiger partial charge in [-0.1, -0.05) is 0 Å². The Bertz CT molecular complexity index is 61.4. The zero-order chi connectivity index (χ0) is 2.83. The summed E-state index contributed by atoms with van der Waals surface area (Å²) in [6.45, 7) is 0. The Kier molecular flexibility index (Phi) is 0.702. The van der Waals surface area contributed by atoms with Crippen molar-refractivity contribution in [1.29, 1.82) is 0 Å². The molecule has 0 aromatic heterocycles. The molecule has 0 spiro atoms. The summed E-state index contributed by atoms with van der Waals surface area (Å²) >= 11 is 0.444. The van der Waals surface area contributed by atoms with Gasteiger partial charge in [-0.15, -0.1) is 0 Å². The average molecular weight is 87.9 g/mol. The molecule has 0 N–H and O–H groups in total. The van der Waals surface area contributed by atoms with Crippen LogP contribution in [0.25, 0.3) is 0 Å². The SMILES string of the molecule is [CH]1=[Ti]=[CH]C1. The molecule has 1 aliphatic heterocycles. The molecule has 1 heterocycles. The third-order valence-electron chi connectivity index (χ3n) is 0.471. The minimum atomic E-state index is 0.444. The second-order valence-corrected chi connectivity index (χ2v) is 2.61. The monoisotopic (exact) mass is 88.0 g/mol. The summed E-state index contributed by atoms with van der Waals surface area (Å²) < 4.78 is 4.75. The fourth-order valence-electron chi connectivity index (χ4n) is 0.118. The first-order chi connectivity index (χ1) is 2.00. The van der Waals surface area contributed by atoms with Crippen molar-refractivity contribution < 1.29 is 18.2 Å². The van der Waals surface area contributed by atoms with Crippen LogP contribution >= 0.6 is 0 Å². The van der Waals surface area contributed by atoms with E-state index in [1.807, 2.05) is 0 Å². The van der Waals surface area contributed by atoms with Crippen LogP contribution in [0.4, 0.5) is 0 Å². The van der Waals surface area contributed by atoms with E-state index in [0.717, 1.165) is 0 Å². The second-order valence-electron chi connectivity index (χ2n) is 0.811. The van der Waals surface area contributed by atoms with Crippen molar-refractivity contribution in [3.8, 4) is 0 Å². The van der Waals surface area contributed by atoms with Crippen LogP contribution in [-0.4, -0.2) is 8.63 Å². The van der Waals surface area contributed by atoms with Crippen molar-refractivity contribution >= 4 is 8.63 Å². The van der Waals surface area contributed by atoms with Gasteiger partial charge in [0.15, 0.2) is 0 Å². The molecule has 0 saturated carbocycles. The van der Waals surface area contributed by atoms with Crippen LogP contribution in [0.3, 0.4) is 0 Å². The van der Waals surface area contributed by atoms with Crippen molar-refractivity contribution in [2.75, 3.05) is 0 Å². The first-order valence-corrected chi connectivity index (χ1v) is 3.20. The van der Waals surface area contributed by atoms with Crippen molar-refractivity contribution in [3.63, 3.8) is 0 Å². The van der Waals surface area contributed by atoms with Crippen LogP contribution in [0.2, 0.25) is 0 Å². The molecule has 0 bridgehead atoms. The van der Waals surface area contributed by atoms with Gasteiger partial charge in [0.1, 0.15) is 0 Å². The van der Waals surface area contributed by atoms with Crippen molar-refractivity contribution in [1.82, 2.24) is 0 Å². The molecular weight excluding hydrogens is 83.9 g/mol. The molecule has 0 atom stereocenters. The van der Waals surface area contributed by atoms with Gasteiger partial charge in [-0.3, -0.25) is 0 Å². The Morgan fingerprint density at radius 2 is 1.75 bits per heavy atom. The minimum absolute atomic E-state index is 0.444. The van der Waals surface area contributed by atoms with Gasteiger partial charge in [-0.2, -0.15) is 0 Å². The van der Waals surface area contributed by atoms with E-state index in [1.165, 1.54) is 6.42 Å². The van der Waals surface area contributed by atoms with Crippen LogP contribution in [0.15, 0.2) is 0 Å². The molecule has 0 fully saturated rings. The summed E-state index contributed by atoms with van der Waals surface area (Å²) in [6.07, 6.45) is 1.31. The summed E-state index contributed by atoms with van der Waals surface area (Å²) in [6, 6.07) is 0. The molecular formula is C3H4Ti. The zero-order valence-corrected chi connectivity index (χ0v) is 3.92. The van der Waals surface area contributed by atoms with E-state index >= 15 is 0 Å². The van der Waals surface area contributed by atoms with E-state index in [1.54, 1.807) is 0 Å². The molecule has 0 aromatic rings. The fraction of sp³-hybridized carbons (Fsp3) is 0.333. The molecule has 0 unspecified atom stereocenters. The van der Waals surface area contributed by atoms with E-state index in [0.29, 0.717) is 18.2 Å². The van der Waals surface area contributed by atoms with Crippen LogP contribution in [-0.2, 0) is 18.2 Å². The van der Waals surface area contributed by atoms with Gasteiger partial charge in [0.25, 0.3) is 0 Å². The molecule has 4 heavy (non-hydrogen) atoms. The summed E-state index contributed by atoms with van der Waals surface area (Å²) in [5, 5.41) is 0. The van der Waals surface area contributed by atoms with Crippen molar-refractivity contribution in [3.05, 3.63) is 0 Å². The van der Waals surface area contributed by atoms with Crippen molar-refractivity contribution in [2.45, 2.75) is 6.42 Å². The summed E-state index contributed by atoms with van der Waals surface area (Å²) in [5.74, 6) is 0. The van der Waals surface area contributed by atoms with E-state index in [9.17, 15) is 0 Å². The molecule has 0 amide bonds. The predicted octanol–water partition coefficient (Wildman–Crippen LogP) is 0.0770. The maximum absolute atomic E-state index is 2.38. The Morgan fingerprint density at radius 3 is 1.75 bits per heavy atom. The number of rotatable bonds is 0. The number of hydrogen-bond acceptors (Lipinski definition) is 0. The summed E-state index contributed by atoms with van der Waals surface area (Å²) in [7, 11) is 0. The van der Waals surface area contributed by atoms with Crippen LogP contribution in [0.5, 0.6) is 0 Å². The molecule has 1 heteroatoms. The summed E-state index contributed by atoms with van der Waals surface area (Å²) in [5.41, 5.74) is 0. The topological polar surface area (TPSA) is 0 Å². The van der Waals surface area contributed by atoms with E-state index in [2.05, 4.69) is 8.63 Å². The molecule has 0 aromatic carbocycles. The van der Waals surface area contributed by atoms with E-state index in [-0.39, 0.29) is 0 Å². The molecule has 0 radical (unpaired) electrons. The van der Waals surface area contributed by atoms with E-state index in [4.69, 9.17) is 0 Å². The van der Waals surface area contributed by atoms with Gasteiger partial charge < -0.3 is 0 Å². The number of hydrogen-bond donors (Lipinski definition) is 0. The Hall–Kier alpha value is 0.454. The molecule has 1 aliphatic rings. The summed E-state index contributed by atoms with van der Waals surface area (Å²) in [4.78, 5) is 0. The van der Waals surface area contributed by atoms with Gasteiger partial charge in [0, 0.05) is 0 Å². The second kappa shape index (κ2) is 1.05. The van der Waals surface area contributed by atoms with E-state index < -0.39 is 0 Å². The first kappa shape index (κ1) is 2.68. The molecule has 0 saturated heterocycles. The molecule has 20 valence electrons. The first-order valence-electron chi connectivity index (χ1n) is 1.39. The Balaban J connectivity index is 2.95. The standard InChI is InChI=1S/C3H4.Ti/c1-3-2;/h1-2H,3H2;. The average Bonchev–Trinajstić information content (AvgIpc) is 0.722. The third kappa shape index (κ3) is 0.262. The zero-order valence-electron chi connectivity index (χ0n) is 2.36. The van der Waals surface area contributed by atoms with Gasteiger partial charge in [0.2, 0.25) is 0 Å². The Labute approximate surface area is 33.8 Å². The quantitative estimate of drug-likeness (QED) is 0.368. The third-order valence-corrected chi connectivity index (χ3v) is 1.94. The predicted molar refractivity (Wildman–Crippen MR) is 16.7 cm³/mol. The molecule has 1 rings (SSSR count). The normalized spacial score (nSPS) is 16.0. The van der Waals surface area contributed by atoms with Crippen LogP contribution in [0, 0.1) is 0 Å². The van der Waals surface area contributed by atoms with Gasteiger partial charge in [-0.25, -0.2) is 0 Å². The molecule has 0 aliphatic carbocycles. The van der Waals surface area contributed by atoms with Crippen LogP contribution < -0.4 is 0 Å². The maximum atomic E-state index is 2.38. The fourth-order valence-corrected chi connectivity index (χ4v) is 0.486. The van der Waals surface area contributed by atoms with Gasteiger partial charge in [0.05, 0.1) is 0 Å². The molecule has 0 nitrogen and oxygen atoms in total. The van der Waals surface area contributed by atoms with Gasteiger partial charge in [-0.05, 0) is 0 Å². The van der Waals surface area contributed by atoms with Crippen LogP contribution in [0.1, 0.15) is 6.42 Å². The Morgan fingerprint density at radius 1 is 1.50 bits per heavy atom. The van der Waals surface area contributed by atoms with Crippen molar-refractivity contribution in [2.24, 2.45) is 0 Å².